The van der Waals surface area contributed by atoms with Crippen LogP contribution in [0.1, 0.15) is 105 Å². The van der Waals surface area contributed by atoms with Crippen LogP contribution in [0.3, 0.4) is 0 Å². The average Bonchev–Trinajstić information content (AvgIpc) is 3.30. The number of ether oxygens (including phenoxy) is 4. The molecule has 360 valence electrons. The Morgan fingerprint density at radius 1 is 0.507 bits per heavy atom. The molecule has 2 amide bonds. The monoisotopic (exact) mass is 1060 g/mol. The largest absolute Gasteiger partial charge is 0.493 e. The predicted octanol–water partition coefficient (Wildman–Crippen LogP) is 8.89. The smallest absolute Gasteiger partial charge is 0.270 e. The highest BCUT2D eigenvalue weighted by Gasteiger charge is 2.29. The third-order valence-electron chi connectivity index (χ3n) is 11.3. The number of nitro benzene ring substituents is 4. The number of halogens is 1. The van der Waals surface area contributed by atoms with E-state index in [4.69, 9.17) is 18.9 Å². The molecule has 12 bridgehead atoms. The average molecular weight is 1060 g/mol. The predicted molar refractivity (Wildman–Crippen MR) is 259 cm³/mol. The Bertz CT molecular complexity index is 2590. The Hall–Kier alpha value is -7.43. The van der Waals surface area contributed by atoms with Crippen LogP contribution in [0.4, 0.5) is 22.7 Å². The molecule has 69 heavy (non-hydrogen) atoms. The topological polar surface area (TPSA) is 268 Å². The Balaban J connectivity index is 1.54. The number of rotatable bonds is 10. The van der Waals surface area contributed by atoms with Gasteiger partial charge in [0.1, 0.15) is 23.0 Å². The van der Waals surface area contributed by atoms with E-state index in [1.54, 1.807) is 12.1 Å². The molecule has 20 nitrogen and oxygen atoms in total. The van der Waals surface area contributed by atoms with Gasteiger partial charge in [-0.15, -0.1) is 0 Å². The fourth-order valence-electron chi connectivity index (χ4n) is 8.34. The van der Waals surface area contributed by atoms with Gasteiger partial charge in [-0.05, 0) is 66.5 Å². The molecule has 0 atom stereocenters. The molecule has 8 rings (SSSR count). The van der Waals surface area contributed by atoms with Crippen LogP contribution < -0.4 is 29.6 Å². The number of carbonyl (C=O) groups excluding carboxylic acids is 2. The molecule has 0 saturated heterocycles. The van der Waals surface area contributed by atoms with Gasteiger partial charge in [-0.25, -0.2) is 0 Å². The van der Waals surface area contributed by atoms with E-state index in [1.165, 1.54) is 54.6 Å². The first kappa shape index (κ1) is 49.5. The number of nitrogens with one attached hydrogen (secondary N) is 2. The molecule has 0 spiro atoms. The molecule has 2 aliphatic heterocycles. The van der Waals surface area contributed by atoms with E-state index in [0.717, 1.165) is 0 Å². The maximum absolute atomic E-state index is 13.4. The zero-order valence-corrected chi connectivity index (χ0v) is 39.8. The minimum absolute atomic E-state index is 0.0486. The van der Waals surface area contributed by atoms with Crippen LogP contribution in [-0.4, -0.2) is 71.0 Å². The maximum atomic E-state index is 13.4. The number of fused-ring (bicyclic) bond motifs is 10. The SMILES string of the molecule is CCCOc1c2cc([N+](=O)[O-])cc1Cc1cc([N+](=O)[O-])cc3c1OCCCNC(=O)c1cc(I)cc(c1)C(=O)NCCCOc1c(cc([N+](=O)[O-])cc1Cc1cc([N+](=O)[O-])cc(c1OCCC)C3)C2. The molecule has 0 fully saturated rings. The molecule has 21 heteroatoms. The molecule has 5 aromatic carbocycles. The first-order valence-corrected chi connectivity index (χ1v) is 23.3. The van der Waals surface area contributed by atoms with Crippen molar-refractivity contribution in [3.8, 4) is 23.0 Å². The minimum atomic E-state index is -0.592. The van der Waals surface area contributed by atoms with Gasteiger partial charge in [0.2, 0.25) is 0 Å². The second-order valence-corrected chi connectivity index (χ2v) is 17.7. The number of nitrogens with zero attached hydrogens (tertiary/aromatic N) is 4. The zero-order chi connectivity index (χ0) is 49.4. The summed E-state index contributed by atoms with van der Waals surface area (Å²) in [6.07, 6.45) is 0.649. The van der Waals surface area contributed by atoms with Crippen molar-refractivity contribution in [2.45, 2.75) is 65.2 Å². The Morgan fingerprint density at radius 2 is 0.812 bits per heavy atom. The standard InChI is InChI=1S/C48H47IN6O14/c1-3-9-66-43-28-13-32-24-41(54(62)63)26-34-15-30-22-40(53(60)61)23-31(44(30)67-10-4-2)16-35-27-42(55(64)65)25-33(14-29(43)21-39(20-28)52(58)59)46(35)69-12-6-8-51-48(57)37-17-36(18-38(49)19-37)47(56)50-7-5-11-68-45(32)34/h17-27H,3-16H2,1-2H3,(H,50,56)(H,51,57). The highest BCUT2D eigenvalue weighted by molar-refractivity contribution is 14.1. The Labute approximate surface area is 408 Å². The van der Waals surface area contributed by atoms with Crippen LogP contribution in [0.25, 0.3) is 0 Å². The summed E-state index contributed by atoms with van der Waals surface area (Å²) in [5.74, 6) is -0.172. The van der Waals surface area contributed by atoms with Gasteiger partial charge < -0.3 is 29.6 Å². The highest BCUT2D eigenvalue weighted by atomic mass is 127. The van der Waals surface area contributed by atoms with Gasteiger partial charge in [0, 0.05) is 147 Å². The number of benzene rings is 5. The van der Waals surface area contributed by atoms with Gasteiger partial charge in [0.25, 0.3) is 34.6 Å². The van der Waals surface area contributed by atoms with Crippen LogP contribution in [-0.2, 0) is 25.7 Å². The molecule has 1 aliphatic carbocycles. The third kappa shape index (κ3) is 11.8. The molecule has 2 heterocycles. The number of hydrogen-bond donors (Lipinski definition) is 2. The minimum Gasteiger partial charge on any atom is -0.493 e. The molecule has 0 radical (unpaired) electrons. The lowest BCUT2D eigenvalue weighted by Crippen LogP contribution is -2.28. The number of carbonyl (C=O) groups is 2. The van der Waals surface area contributed by atoms with E-state index in [2.05, 4.69) is 10.6 Å². The molecule has 0 aromatic heterocycles. The van der Waals surface area contributed by atoms with Crippen LogP contribution >= 0.6 is 22.6 Å². The molecule has 2 N–H and O–H groups in total. The molecule has 0 saturated carbocycles. The summed E-state index contributed by atoms with van der Waals surface area (Å²) in [6, 6.07) is 15.2. The molecule has 0 unspecified atom stereocenters. The Kier molecular flexibility index (Phi) is 15.9. The molecule has 3 aliphatic rings. The lowest BCUT2D eigenvalue weighted by molar-refractivity contribution is -0.385. The van der Waals surface area contributed by atoms with Gasteiger partial charge in [-0.1, -0.05) is 13.8 Å². The fraction of sp³-hybridized carbons (Fsp3) is 0.333. The quantitative estimate of drug-likeness (QED) is 0.0737. The van der Waals surface area contributed by atoms with Crippen LogP contribution in [0, 0.1) is 44.0 Å². The number of hydrogen-bond acceptors (Lipinski definition) is 14. The van der Waals surface area contributed by atoms with Crippen molar-refractivity contribution in [2.24, 2.45) is 0 Å². The van der Waals surface area contributed by atoms with Gasteiger partial charge in [0.15, 0.2) is 0 Å². The molecular weight excluding hydrogens is 1010 g/mol. The summed E-state index contributed by atoms with van der Waals surface area (Å²) in [5, 5.41) is 56.5. The van der Waals surface area contributed by atoms with Gasteiger partial charge in [0.05, 0.1) is 46.1 Å². The summed E-state index contributed by atoms with van der Waals surface area (Å²) in [7, 11) is 0. The lowest BCUT2D eigenvalue weighted by Gasteiger charge is -2.23. The van der Waals surface area contributed by atoms with E-state index in [9.17, 15) is 50.0 Å². The lowest BCUT2D eigenvalue weighted by atomic mass is 9.90. The van der Waals surface area contributed by atoms with Crippen molar-refractivity contribution in [3.05, 3.63) is 166 Å². The Morgan fingerprint density at radius 3 is 1.10 bits per heavy atom. The fourth-order valence-corrected chi connectivity index (χ4v) is 9.01. The third-order valence-corrected chi connectivity index (χ3v) is 11.9. The summed E-state index contributed by atoms with van der Waals surface area (Å²) < 4.78 is 26.4. The van der Waals surface area contributed by atoms with E-state index in [-0.39, 0.29) is 179 Å². The first-order chi connectivity index (χ1) is 33.1. The van der Waals surface area contributed by atoms with Crippen LogP contribution in [0.15, 0.2) is 66.7 Å². The van der Waals surface area contributed by atoms with Crippen molar-refractivity contribution >= 4 is 57.2 Å². The zero-order valence-electron chi connectivity index (χ0n) is 37.6. The van der Waals surface area contributed by atoms with E-state index in [1.807, 2.05) is 36.4 Å². The van der Waals surface area contributed by atoms with E-state index in [0.29, 0.717) is 16.4 Å². The number of nitro groups is 4. The summed E-state index contributed by atoms with van der Waals surface area (Å²) >= 11 is 2.02. The van der Waals surface area contributed by atoms with Gasteiger partial charge in [-0.3, -0.25) is 50.0 Å². The van der Waals surface area contributed by atoms with Crippen molar-refractivity contribution in [1.82, 2.24) is 10.6 Å². The van der Waals surface area contributed by atoms with E-state index >= 15 is 0 Å². The van der Waals surface area contributed by atoms with Crippen molar-refractivity contribution < 1.29 is 48.2 Å². The first-order valence-electron chi connectivity index (χ1n) is 22.2. The van der Waals surface area contributed by atoms with Crippen molar-refractivity contribution in [2.75, 3.05) is 39.5 Å². The highest BCUT2D eigenvalue weighted by Crippen LogP contribution is 2.43. The molecule has 5 aromatic rings. The number of non-ortho nitro benzene ring substituents is 4. The molecular formula is C48H47IN6O14. The van der Waals surface area contributed by atoms with Crippen LogP contribution in [0.5, 0.6) is 23.0 Å². The van der Waals surface area contributed by atoms with Gasteiger partial charge in [-0.2, -0.15) is 0 Å². The normalized spacial score (nSPS) is 14.1. The van der Waals surface area contributed by atoms with E-state index < -0.39 is 31.5 Å². The van der Waals surface area contributed by atoms with Crippen molar-refractivity contribution in [1.29, 1.82) is 0 Å². The van der Waals surface area contributed by atoms with Crippen molar-refractivity contribution in [3.63, 3.8) is 0 Å². The van der Waals surface area contributed by atoms with Gasteiger partial charge >= 0.3 is 0 Å². The summed E-state index contributed by atoms with van der Waals surface area (Å²) in [4.78, 5) is 75.3. The maximum Gasteiger partial charge on any atom is 0.270 e. The summed E-state index contributed by atoms with van der Waals surface area (Å²) in [6.45, 7) is 4.15. The van der Waals surface area contributed by atoms with Crippen LogP contribution in [0.2, 0.25) is 0 Å². The summed E-state index contributed by atoms with van der Waals surface area (Å²) in [5.41, 5.74) is 1.00. The second-order valence-electron chi connectivity index (χ2n) is 16.4. The second kappa shape index (κ2) is 22.1. The number of amides is 2.